The molecular weight excluding hydrogens is 236 g/mol. The van der Waals surface area contributed by atoms with Gasteiger partial charge in [0.25, 0.3) is 0 Å². The quantitative estimate of drug-likeness (QED) is 0.771. The molecule has 1 saturated carbocycles. The third kappa shape index (κ3) is 5.13. The molecule has 3 unspecified atom stereocenters. The lowest BCUT2D eigenvalue weighted by atomic mass is 9.78. The third-order valence-electron chi connectivity index (χ3n) is 4.36. The van der Waals surface area contributed by atoms with Gasteiger partial charge in [0.15, 0.2) is 0 Å². The van der Waals surface area contributed by atoms with E-state index in [4.69, 9.17) is 5.73 Å². The summed E-state index contributed by atoms with van der Waals surface area (Å²) < 4.78 is 0. The predicted octanol–water partition coefficient (Wildman–Crippen LogP) is 3.18. The topological polar surface area (TPSA) is 46.3 Å². The molecule has 0 heterocycles. The van der Waals surface area contributed by atoms with E-state index in [-0.39, 0.29) is 12.0 Å². The highest BCUT2D eigenvalue weighted by atomic mass is 16.2. The fraction of sp³-hybridized carbons (Fsp3) is 0.938. The van der Waals surface area contributed by atoms with Gasteiger partial charge in [-0.1, -0.05) is 33.6 Å². The molecule has 112 valence electrons. The second-order valence-corrected chi connectivity index (χ2v) is 6.22. The minimum absolute atomic E-state index is 0.0671. The number of hydrogen-bond donors (Lipinski definition) is 1. The van der Waals surface area contributed by atoms with Crippen molar-refractivity contribution < 1.29 is 4.79 Å². The summed E-state index contributed by atoms with van der Waals surface area (Å²) in [5.74, 6) is 1.03. The molecule has 0 aromatic rings. The summed E-state index contributed by atoms with van der Waals surface area (Å²) in [7, 11) is 0. The standard InChI is InChI=1S/C16H32N2O/c1-4-6-10-18(11-7-5-2)16(19)14-12-13(3)8-9-15(14)17/h13-15H,4-12,17H2,1-3H3. The van der Waals surface area contributed by atoms with Crippen LogP contribution >= 0.6 is 0 Å². The van der Waals surface area contributed by atoms with Crippen LogP contribution in [-0.2, 0) is 4.79 Å². The zero-order valence-electron chi connectivity index (χ0n) is 13.0. The first-order valence-electron chi connectivity index (χ1n) is 8.14. The fourth-order valence-corrected chi connectivity index (χ4v) is 2.95. The molecule has 1 fully saturated rings. The minimum atomic E-state index is 0.0671. The number of carbonyl (C=O) groups excluding carboxylic acids is 1. The van der Waals surface area contributed by atoms with Crippen molar-refractivity contribution in [2.75, 3.05) is 13.1 Å². The molecule has 1 aliphatic carbocycles. The first-order chi connectivity index (χ1) is 9.10. The molecule has 0 radical (unpaired) electrons. The number of unbranched alkanes of at least 4 members (excludes halogenated alkanes) is 2. The SMILES string of the molecule is CCCCN(CCCC)C(=O)C1CC(C)CCC1N. The van der Waals surface area contributed by atoms with E-state index in [0.29, 0.717) is 11.8 Å². The lowest BCUT2D eigenvalue weighted by Gasteiger charge is -2.35. The number of hydrogen-bond acceptors (Lipinski definition) is 2. The Hall–Kier alpha value is -0.570. The molecule has 0 spiro atoms. The van der Waals surface area contributed by atoms with Gasteiger partial charge in [-0.05, 0) is 38.0 Å². The van der Waals surface area contributed by atoms with E-state index in [2.05, 4.69) is 25.7 Å². The van der Waals surface area contributed by atoms with Gasteiger partial charge in [0.2, 0.25) is 5.91 Å². The van der Waals surface area contributed by atoms with Crippen LogP contribution in [0.2, 0.25) is 0 Å². The average molecular weight is 268 g/mol. The fourth-order valence-electron chi connectivity index (χ4n) is 2.95. The van der Waals surface area contributed by atoms with Crippen LogP contribution in [0.4, 0.5) is 0 Å². The van der Waals surface area contributed by atoms with Crippen molar-refractivity contribution in [3.05, 3.63) is 0 Å². The molecule has 3 atom stereocenters. The van der Waals surface area contributed by atoms with Crippen LogP contribution in [0.15, 0.2) is 0 Å². The van der Waals surface area contributed by atoms with E-state index in [9.17, 15) is 4.79 Å². The van der Waals surface area contributed by atoms with Gasteiger partial charge in [-0.2, -0.15) is 0 Å². The number of rotatable bonds is 7. The third-order valence-corrected chi connectivity index (χ3v) is 4.36. The van der Waals surface area contributed by atoms with Crippen LogP contribution in [0.1, 0.15) is 65.7 Å². The average Bonchev–Trinajstić information content (AvgIpc) is 2.41. The van der Waals surface area contributed by atoms with Gasteiger partial charge in [0.05, 0.1) is 5.92 Å². The summed E-state index contributed by atoms with van der Waals surface area (Å²) in [6.07, 6.45) is 7.66. The summed E-state index contributed by atoms with van der Waals surface area (Å²) in [5.41, 5.74) is 6.19. The van der Waals surface area contributed by atoms with Gasteiger partial charge in [-0.15, -0.1) is 0 Å². The Bertz CT molecular complexity index is 259. The highest BCUT2D eigenvalue weighted by molar-refractivity contribution is 5.79. The second-order valence-electron chi connectivity index (χ2n) is 6.22. The van der Waals surface area contributed by atoms with E-state index in [1.807, 2.05) is 0 Å². The van der Waals surface area contributed by atoms with Crippen LogP contribution in [-0.4, -0.2) is 29.9 Å². The highest BCUT2D eigenvalue weighted by Crippen LogP contribution is 2.29. The lowest BCUT2D eigenvalue weighted by molar-refractivity contribution is -0.137. The Kier molecular flexibility index (Phi) is 7.44. The van der Waals surface area contributed by atoms with Gasteiger partial charge in [-0.25, -0.2) is 0 Å². The molecule has 3 heteroatoms. The molecule has 0 aromatic heterocycles. The summed E-state index contributed by atoms with van der Waals surface area (Å²) in [5, 5.41) is 0. The van der Waals surface area contributed by atoms with Gasteiger partial charge in [0, 0.05) is 19.1 Å². The van der Waals surface area contributed by atoms with Gasteiger partial charge in [0.1, 0.15) is 0 Å². The largest absolute Gasteiger partial charge is 0.342 e. The summed E-state index contributed by atoms with van der Waals surface area (Å²) in [4.78, 5) is 14.8. The van der Waals surface area contributed by atoms with Crippen molar-refractivity contribution >= 4 is 5.91 Å². The number of carbonyl (C=O) groups is 1. The highest BCUT2D eigenvalue weighted by Gasteiger charge is 2.33. The van der Waals surface area contributed by atoms with E-state index in [0.717, 1.165) is 51.6 Å². The lowest BCUT2D eigenvalue weighted by Crippen LogP contribution is -2.47. The van der Waals surface area contributed by atoms with Crippen LogP contribution in [0.25, 0.3) is 0 Å². The Morgan fingerprint density at radius 2 is 1.74 bits per heavy atom. The van der Waals surface area contributed by atoms with Crippen LogP contribution in [0.5, 0.6) is 0 Å². The molecule has 19 heavy (non-hydrogen) atoms. The van der Waals surface area contributed by atoms with Crippen molar-refractivity contribution in [3.63, 3.8) is 0 Å². The van der Waals surface area contributed by atoms with E-state index >= 15 is 0 Å². The Morgan fingerprint density at radius 3 is 2.26 bits per heavy atom. The monoisotopic (exact) mass is 268 g/mol. The Balaban J connectivity index is 2.61. The molecule has 0 aromatic carbocycles. The van der Waals surface area contributed by atoms with Gasteiger partial charge < -0.3 is 10.6 Å². The van der Waals surface area contributed by atoms with Gasteiger partial charge in [-0.3, -0.25) is 4.79 Å². The number of nitrogens with two attached hydrogens (primary N) is 1. The molecule has 1 amide bonds. The zero-order valence-corrected chi connectivity index (χ0v) is 13.0. The summed E-state index contributed by atoms with van der Waals surface area (Å²) in [6, 6.07) is 0.0782. The van der Waals surface area contributed by atoms with Crippen molar-refractivity contribution in [2.24, 2.45) is 17.6 Å². The number of nitrogens with zero attached hydrogens (tertiary/aromatic N) is 1. The normalized spacial score (nSPS) is 27.3. The molecule has 1 aliphatic rings. The van der Waals surface area contributed by atoms with Crippen molar-refractivity contribution in [2.45, 2.75) is 71.8 Å². The molecule has 2 N–H and O–H groups in total. The van der Waals surface area contributed by atoms with E-state index in [1.165, 1.54) is 6.42 Å². The maximum atomic E-state index is 12.7. The van der Waals surface area contributed by atoms with Crippen molar-refractivity contribution in [1.29, 1.82) is 0 Å². The molecule has 0 saturated heterocycles. The van der Waals surface area contributed by atoms with Crippen LogP contribution in [0, 0.1) is 11.8 Å². The summed E-state index contributed by atoms with van der Waals surface area (Å²) in [6.45, 7) is 8.42. The maximum Gasteiger partial charge on any atom is 0.227 e. The zero-order chi connectivity index (χ0) is 14.3. The molecule has 3 nitrogen and oxygen atoms in total. The van der Waals surface area contributed by atoms with Crippen molar-refractivity contribution in [3.8, 4) is 0 Å². The van der Waals surface area contributed by atoms with E-state index < -0.39 is 0 Å². The van der Waals surface area contributed by atoms with Crippen LogP contribution < -0.4 is 5.73 Å². The molecule has 0 aliphatic heterocycles. The number of amides is 1. The smallest absolute Gasteiger partial charge is 0.227 e. The Labute approximate surface area is 118 Å². The second kappa shape index (κ2) is 8.57. The predicted molar refractivity (Wildman–Crippen MR) is 80.9 cm³/mol. The first-order valence-corrected chi connectivity index (χ1v) is 8.14. The first kappa shape index (κ1) is 16.5. The van der Waals surface area contributed by atoms with Crippen LogP contribution in [0.3, 0.4) is 0 Å². The molecule has 0 bridgehead atoms. The van der Waals surface area contributed by atoms with E-state index in [1.54, 1.807) is 0 Å². The maximum absolute atomic E-state index is 12.7. The summed E-state index contributed by atoms with van der Waals surface area (Å²) >= 11 is 0. The molecule has 1 rings (SSSR count). The van der Waals surface area contributed by atoms with Crippen molar-refractivity contribution in [1.82, 2.24) is 4.90 Å². The van der Waals surface area contributed by atoms with Gasteiger partial charge >= 0.3 is 0 Å². The Morgan fingerprint density at radius 1 is 1.16 bits per heavy atom. The minimum Gasteiger partial charge on any atom is -0.342 e. The molecular formula is C16H32N2O.